The first-order chi connectivity index (χ1) is 56.1. The van der Waals surface area contributed by atoms with Gasteiger partial charge in [-0.25, -0.2) is 4.79 Å². The third kappa shape index (κ3) is 29.4. The van der Waals surface area contributed by atoms with Gasteiger partial charge in [-0.05, 0) is 139 Å². The molecule has 0 aliphatic carbocycles. The minimum Gasteiger partial charge on any atom is -0.508 e. The quantitative estimate of drug-likeness (QED) is 0.0245. The largest absolute Gasteiger partial charge is 0.508 e. The molecule has 630 valence electrons. The lowest BCUT2D eigenvalue weighted by Gasteiger charge is -2.29. The average molecular weight is 1770 g/mol. The number of amides is 12. The highest BCUT2D eigenvalue weighted by Gasteiger charge is 2.39. The van der Waals surface area contributed by atoms with Crippen molar-refractivity contribution in [2.24, 2.45) is 11.5 Å². The summed E-state index contributed by atoms with van der Waals surface area (Å²) in [7, 11) is 1.69. The average Bonchev–Trinajstić information content (AvgIpc) is 1.71. The number of carboxylic acid groups (broad SMARTS) is 1. The third-order valence-electron chi connectivity index (χ3n) is 19.6. The fourth-order valence-electron chi connectivity index (χ4n) is 13.0. The van der Waals surface area contributed by atoms with Gasteiger partial charge in [0, 0.05) is 83.4 Å². The molecule has 6 aromatic rings. The van der Waals surface area contributed by atoms with E-state index in [4.69, 9.17) is 11.5 Å². The van der Waals surface area contributed by atoms with E-state index in [2.05, 4.69) is 74.1 Å². The molecule has 22 N–H and O–H groups in total. The van der Waals surface area contributed by atoms with Crippen LogP contribution >= 0.6 is 44.2 Å². The number of unbranched alkanes of at least 4 members (excludes halogenated alkanes) is 1. The number of nitrogens with two attached hydrogens (primary N) is 2. The fourth-order valence-corrected chi connectivity index (χ4v) is 16.0. The van der Waals surface area contributed by atoms with Gasteiger partial charge in [-0.15, -0.1) is 0 Å². The van der Waals surface area contributed by atoms with E-state index in [0.29, 0.717) is 55.3 Å². The Morgan fingerprint density at radius 3 is 1.68 bits per heavy atom. The van der Waals surface area contributed by atoms with Crippen LogP contribution in [0.15, 0.2) is 134 Å². The Hall–Kier alpha value is -10.2. The van der Waals surface area contributed by atoms with Crippen molar-refractivity contribution in [1.29, 1.82) is 0 Å². The van der Waals surface area contributed by atoms with Crippen LogP contribution in [0, 0.1) is 3.57 Å². The molecule has 0 spiro atoms. The monoisotopic (exact) mass is 1760 g/mol. The van der Waals surface area contributed by atoms with Crippen LogP contribution in [0.2, 0.25) is 0 Å². The molecular weight excluding hydrogens is 1660 g/mol. The molecular formula is C81H105IN16O17S2. The van der Waals surface area contributed by atoms with E-state index >= 15 is 28.8 Å². The number of aromatic nitrogens is 1. The summed E-state index contributed by atoms with van der Waals surface area (Å²) in [4.78, 5) is 195. The Balaban J connectivity index is 1.25. The van der Waals surface area contributed by atoms with Gasteiger partial charge in [0.05, 0.1) is 18.8 Å². The minimum absolute atomic E-state index is 0.0260. The Morgan fingerprint density at radius 2 is 1.08 bits per heavy atom. The van der Waals surface area contributed by atoms with Crippen LogP contribution in [-0.2, 0) is 101 Å². The molecule has 0 unspecified atom stereocenters. The van der Waals surface area contributed by atoms with Gasteiger partial charge in [0.25, 0.3) is 0 Å². The van der Waals surface area contributed by atoms with Crippen LogP contribution in [0.25, 0.3) is 10.9 Å². The maximum atomic E-state index is 15.6. The summed E-state index contributed by atoms with van der Waals surface area (Å²) < 4.78 is 0.570. The number of nitrogens with one attached hydrogen (secondary N) is 14. The number of carbonyl (C=O) groups excluding carboxylic acids is 12. The topological polar surface area (TPSA) is 527 Å². The van der Waals surface area contributed by atoms with E-state index in [-0.39, 0.29) is 94.8 Å². The van der Waals surface area contributed by atoms with E-state index in [1.807, 2.05) is 48.6 Å². The number of halogens is 1. The highest BCUT2D eigenvalue weighted by atomic mass is 127. The number of carbonyl (C=O) groups is 13. The molecule has 3 heterocycles. The number of aliphatic hydroxyl groups is 2. The molecule has 0 radical (unpaired) electrons. The fraction of sp³-hybridized carbons (Fsp3) is 0.444. The van der Waals surface area contributed by atoms with Gasteiger partial charge in [0.15, 0.2) is 0 Å². The molecule has 2 aliphatic rings. The number of aromatic amines is 1. The van der Waals surface area contributed by atoms with Crippen LogP contribution < -0.4 is 80.6 Å². The number of fused-ring (bicyclic) bond motifs is 10. The number of phenols is 1. The predicted molar refractivity (Wildman–Crippen MR) is 448 cm³/mol. The summed E-state index contributed by atoms with van der Waals surface area (Å²) in [5, 5.41) is 78.8. The van der Waals surface area contributed by atoms with E-state index in [1.165, 1.54) is 19.1 Å². The number of rotatable bonds is 22. The van der Waals surface area contributed by atoms with Crippen LogP contribution in [0.3, 0.4) is 0 Å². The maximum Gasteiger partial charge on any atom is 0.327 e. The lowest BCUT2D eigenvalue weighted by Crippen LogP contribution is -2.63. The molecule has 2 saturated heterocycles. The number of phenolic OH excluding ortho intramolecular Hbond substituents is 1. The molecule has 2 bridgehead atoms. The van der Waals surface area contributed by atoms with Crippen molar-refractivity contribution in [3.05, 3.63) is 171 Å². The zero-order chi connectivity index (χ0) is 84.7. The lowest BCUT2D eigenvalue weighted by molar-refractivity contribution is -0.142. The van der Waals surface area contributed by atoms with Crippen LogP contribution in [0.1, 0.15) is 106 Å². The van der Waals surface area contributed by atoms with Gasteiger partial charge >= 0.3 is 5.97 Å². The first-order valence-electron chi connectivity index (χ1n) is 38.8. The molecule has 117 heavy (non-hydrogen) atoms. The number of para-hydroxylation sites is 1. The van der Waals surface area contributed by atoms with Gasteiger partial charge in [-0.3, -0.25) is 57.5 Å². The molecule has 12 amide bonds. The van der Waals surface area contributed by atoms with Crippen molar-refractivity contribution in [2.75, 3.05) is 31.2 Å². The van der Waals surface area contributed by atoms with Gasteiger partial charge in [-0.2, -0.15) is 0 Å². The summed E-state index contributed by atoms with van der Waals surface area (Å²) in [5.41, 5.74) is 16.5. The molecule has 2 aliphatic heterocycles. The summed E-state index contributed by atoms with van der Waals surface area (Å²) in [6.45, 7) is 4.58. The minimum atomic E-state index is -1.88. The van der Waals surface area contributed by atoms with Gasteiger partial charge in [0.2, 0.25) is 70.9 Å². The standard InChI is InChI=1S/C81H105IN16O17S2/c1-45(2)86-40-50-26-24-49(25-27-50)36-63-77(110)98-69(46(3)100)80(113)94-62(35-48-18-8-5-9-19-48)75(108)88-59-23-13-15-33-85-68(102)31-30-60(73(106)93-64(76(109)92-63)38-52-41-87-57-21-11-10-20-54(52)57)90-74(107)61(34-47-16-6-4-7-17-47)91-71(104)58(22-12-14-32-83)89-79(112)66(96-70(103)56(84)37-51-28-29-53(101)39-55(51)82)43-116-117-44-67(81(114)115)97-78(111)65(42-99)95-72(59)105/h4-11,16-21,24-29,39,41,45-46,56,58-67,69,86-87,99-101H,12-15,22-23,30-38,40,42-44,83-84H2,1-3H3,(H,85,102)(H,88,108)(H,89,112)(H,90,107)(H,91,104)(H,92,109)(H,93,106)(H,94,113)(H,95,105)(H,96,103)(H,97,111)(H,98,110)(H,114,115)/t46-,56+,58-,59+,60-,61-,62+,63+,64+,65+,66-,67+,69-/m1/s1. The predicted octanol–water partition coefficient (Wildman–Crippen LogP) is 0.211. The third-order valence-corrected chi connectivity index (χ3v) is 23.0. The van der Waals surface area contributed by atoms with Crippen LogP contribution in [0.5, 0.6) is 5.75 Å². The Labute approximate surface area is 698 Å². The summed E-state index contributed by atoms with van der Waals surface area (Å²) >= 11 is 1.96. The highest BCUT2D eigenvalue weighted by Crippen LogP contribution is 2.26. The first-order valence-corrected chi connectivity index (χ1v) is 42.4. The van der Waals surface area contributed by atoms with Crippen molar-refractivity contribution < 1.29 is 82.8 Å². The van der Waals surface area contributed by atoms with Crippen molar-refractivity contribution in [3.8, 4) is 5.75 Å². The second kappa shape index (κ2) is 46.7. The number of benzene rings is 5. The van der Waals surface area contributed by atoms with Crippen LogP contribution in [0.4, 0.5) is 0 Å². The van der Waals surface area contributed by atoms with Gasteiger partial charge in [-0.1, -0.05) is 145 Å². The summed E-state index contributed by atoms with van der Waals surface area (Å²) in [6.07, 6.45) is -1.85. The van der Waals surface area contributed by atoms with Crippen LogP contribution in [-0.4, -0.2) is 218 Å². The number of aromatic hydroxyl groups is 1. The van der Waals surface area contributed by atoms with Crippen molar-refractivity contribution in [1.82, 2.24) is 74.1 Å². The number of hydrogen-bond donors (Lipinski definition) is 20. The Morgan fingerprint density at radius 1 is 0.556 bits per heavy atom. The second-order valence-electron chi connectivity index (χ2n) is 29.2. The molecule has 0 saturated carbocycles. The molecule has 33 nitrogen and oxygen atoms in total. The van der Waals surface area contributed by atoms with E-state index in [1.54, 1.807) is 109 Å². The molecule has 8 rings (SSSR count). The van der Waals surface area contributed by atoms with E-state index in [0.717, 1.165) is 27.2 Å². The van der Waals surface area contributed by atoms with Crippen molar-refractivity contribution in [3.63, 3.8) is 0 Å². The number of carboxylic acids is 1. The molecule has 1 aromatic heterocycles. The number of aliphatic hydroxyl groups excluding tert-OH is 2. The molecule has 13 atom stereocenters. The maximum absolute atomic E-state index is 15.6. The normalized spacial score (nSPS) is 23.4. The van der Waals surface area contributed by atoms with Crippen molar-refractivity contribution >= 4 is 132 Å². The molecule has 2 fully saturated rings. The molecule has 36 heteroatoms. The zero-order valence-electron chi connectivity index (χ0n) is 65.2. The number of aliphatic carboxylic acids is 1. The van der Waals surface area contributed by atoms with Gasteiger partial charge in [0.1, 0.15) is 72.2 Å². The SMILES string of the molecule is CC(C)NCc1ccc(C[C@@H]2NC(=O)[C@H](Cc3c[nH]c4ccccc34)NC(=O)[C@H]3CCC(=O)NCCCC[C@H](NC(=O)[C@H](Cc4ccccc4)NC(=O)[C@@H]([C@@H](C)O)NC2=O)C(=O)N[C@@H](CO)C(=O)N[C@H](C(=O)O)CSSC[C@@H](NC(=O)[C@@H](N)Cc2ccc(O)cc2I)C(=O)N[C@H](CCCCN)C(=O)N[C@H](Cc2ccccc2)C(=O)N3)cc1. The van der Waals surface area contributed by atoms with E-state index in [9.17, 15) is 54.0 Å². The zero-order valence-corrected chi connectivity index (χ0v) is 69.0. The first kappa shape index (κ1) is 92.3. The molecule has 5 aromatic carbocycles. The lowest BCUT2D eigenvalue weighted by atomic mass is 9.99. The smallest absolute Gasteiger partial charge is 0.327 e. The Kier molecular flexibility index (Phi) is 36.8. The van der Waals surface area contributed by atoms with E-state index < -0.39 is 181 Å². The number of H-pyrrole nitrogens is 1. The van der Waals surface area contributed by atoms with Crippen molar-refractivity contribution in [2.45, 2.75) is 195 Å². The summed E-state index contributed by atoms with van der Waals surface area (Å²) in [5.74, 6) is -14.2. The second-order valence-corrected chi connectivity index (χ2v) is 32.9. The number of hydrogen-bond acceptors (Lipinski definition) is 21. The highest BCUT2D eigenvalue weighted by molar-refractivity contribution is 14.1. The summed E-state index contributed by atoms with van der Waals surface area (Å²) in [6, 6.07) is 15.9. The van der Waals surface area contributed by atoms with Gasteiger partial charge < -0.3 is 106 Å². The Bertz CT molecular complexity index is 4400.